The predicted molar refractivity (Wildman–Crippen MR) is 59.4 cm³/mol. The van der Waals surface area contributed by atoms with Gasteiger partial charge in [0.05, 0.1) is 0 Å². The number of para-hydroxylation sites is 1. The Balaban J connectivity index is 0.00000144. The van der Waals surface area contributed by atoms with E-state index in [4.69, 9.17) is 0 Å². The van der Waals surface area contributed by atoms with E-state index in [1.54, 1.807) is 12.1 Å². The van der Waals surface area contributed by atoms with Gasteiger partial charge in [-0.25, -0.2) is 13.1 Å². The van der Waals surface area contributed by atoms with E-state index in [1.165, 1.54) is 6.07 Å². The fraction of sp³-hybridized carbons (Fsp3) is 0.333. The molecule has 8 heteroatoms. The number of hydrogen-bond donors (Lipinski definition) is 2. The Bertz CT molecular complexity index is 596. The monoisotopic (exact) mass is 347 g/mol. The third-order valence-corrected chi connectivity index (χ3v) is 3.63. The minimum Gasteiger partial charge on any atom is -0.211 e. The van der Waals surface area contributed by atoms with Gasteiger partial charge in [0.25, 0.3) is 0 Å². The number of nitrogens with zero attached hydrogens (tertiary/aromatic N) is 2. The number of fused-ring (bicyclic) bond motifs is 1. The van der Waals surface area contributed by atoms with Gasteiger partial charge in [0.1, 0.15) is 15.9 Å². The zero-order valence-electron chi connectivity index (χ0n) is 9.07. The average molecular weight is 348 g/mol. The standard InChI is InChI=1S/C9H12N4O2S.Ag/c1-2-6-10-16(14,15)8-5-3-4-7-9(8)12-13-11-7;/h3-5,10H,2,6H2,1H3,(H,11,12,13);. The van der Waals surface area contributed by atoms with Gasteiger partial charge in [-0.3, -0.25) is 0 Å². The molecule has 2 N–H and O–H groups in total. The van der Waals surface area contributed by atoms with Crippen molar-refractivity contribution in [2.75, 3.05) is 6.54 Å². The van der Waals surface area contributed by atoms with Crippen molar-refractivity contribution in [3.63, 3.8) is 0 Å². The van der Waals surface area contributed by atoms with Gasteiger partial charge in [-0.2, -0.15) is 15.4 Å². The van der Waals surface area contributed by atoms with Crippen LogP contribution in [0.3, 0.4) is 0 Å². The van der Waals surface area contributed by atoms with Crippen molar-refractivity contribution in [2.24, 2.45) is 0 Å². The van der Waals surface area contributed by atoms with Gasteiger partial charge in [0.2, 0.25) is 10.0 Å². The molecule has 1 heterocycles. The quantitative estimate of drug-likeness (QED) is 0.794. The average Bonchev–Trinajstić information content (AvgIpc) is 2.73. The molecule has 1 aromatic carbocycles. The van der Waals surface area contributed by atoms with E-state index in [9.17, 15) is 8.42 Å². The van der Waals surface area contributed by atoms with E-state index in [1.807, 2.05) is 6.92 Å². The van der Waals surface area contributed by atoms with Crippen LogP contribution in [0.1, 0.15) is 13.3 Å². The van der Waals surface area contributed by atoms with Gasteiger partial charge in [-0.05, 0) is 18.6 Å². The third-order valence-electron chi connectivity index (χ3n) is 2.14. The number of hydrogen-bond acceptors (Lipinski definition) is 4. The largest absolute Gasteiger partial charge is 0.242 e. The van der Waals surface area contributed by atoms with Crippen molar-refractivity contribution in [1.82, 2.24) is 20.1 Å². The predicted octanol–water partition coefficient (Wildman–Crippen LogP) is 0.644. The Kier molecular flexibility index (Phi) is 4.84. The Morgan fingerprint density at radius 3 is 2.82 bits per heavy atom. The first-order valence-electron chi connectivity index (χ1n) is 4.94. The Morgan fingerprint density at radius 1 is 1.35 bits per heavy atom. The molecule has 1 radical (unpaired) electrons. The fourth-order valence-electron chi connectivity index (χ4n) is 1.37. The number of benzene rings is 1. The van der Waals surface area contributed by atoms with E-state index >= 15 is 0 Å². The van der Waals surface area contributed by atoms with Crippen molar-refractivity contribution >= 4 is 21.1 Å². The summed E-state index contributed by atoms with van der Waals surface area (Å²) in [7, 11) is -3.49. The molecule has 0 atom stereocenters. The normalized spacial score (nSPS) is 11.4. The van der Waals surface area contributed by atoms with Crippen molar-refractivity contribution < 1.29 is 30.8 Å². The van der Waals surface area contributed by atoms with E-state index in [2.05, 4.69) is 20.1 Å². The summed E-state index contributed by atoms with van der Waals surface area (Å²) in [5, 5.41) is 10.1. The number of sulfonamides is 1. The van der Waals surface area contributed by atoms with Crippen molar-refractivity contribution in [3.05, 3.63) is 18.2 Å². The van der Waals surface area contributed by atoms with E-state index in [0.29, 0.717) is 17.6 Å². The minimum atomic E-state index is -3.49. The van der Waals surface area contributed by atoms with Gasteiger partial charge in [0.15, 0.2) is 0 Å². The zero-order chi connectivity index (χ0) is 11.6. The molecule has 2 aromatic rings. The summed E-state index contributed by atoms with van der Waals surface area (Å²) in [6.45, 7) is 2.32. The molecule has 2 rings (SSSR count). The van der Waals surface area contributed by atoms with Crippen LogP contribution in [0.25, 0.3) is 11.0 Å². The SMILES string of the molecule is CCCNS(=O)(=O)c1cccc2n[nH]nc12.[Ag]. The first kappa shape index (κ1) is 14.3. The summed E-state index contributed by atoms with van der Waals surface area (Å²) in [6, 6.07) is 4.87. The first-order chi connectivity index (χ1) is 7.65. The number of nitrogens with one attached hydrogen (secondary N) is 2. The Labute approximate surface area is 115 Å². The molecule has 97 valence electrons. The van der Waals surface area contributed by atoms with Gasteiger partial charge >= 0.3 is 0 Å². The number of aromatic nitrogens is 3. The maximum Gasteiger partial charge on any atom is 0.242 e. The maximum absolute atomic E-state index is 11.9. The summed E-state index contributed by atoms with van der Waals surface area (Å²) in [4.78, 5) is 0.159. The van der Waals surface area contributed by atoms with E-state index in [0.717, 1.165) is 6.42 Å². The summed E-state index contributed by atoms with van der Waals surface area (Å²) < 4.78 is 26.3. The van der Waals surface area contributed by atoms with Crippen LogP contribution in [-0.4, -0.2) is 30.4 Å². The Hall–Kier alpha value is -0.730. The molecule has 0 saturated heterocycles. The molecule has 0 aliphatic carbocycles. The molecular weight excluding hydrogens is 336 g/mol. The molecule has 0 saturated carbocycles. The van der Waals surface area contributed by atoms with Gasteiger partial charge in [-0.15, -0.1) is 0 Å². The second kappa shape index (κ2) is 5.74. The fourth-order valence-corrected chi connectivity index (χ4v) is 2.66. The molecule has 0 aliphatic heterocycles. The van der Waals surface area contributed by atoms with Crippen molar-refractivity contribution in [1.29, 1.82) is 0 Å². The van der Waals surface area contributed by atoms with Crippen LogP contribution in [0.2, 0.25) is 0 Å². The minimum absolute atomic E-state index is 0. The van der Waals surface area contributed by atoms with Crippen molar-refractivity contribution in [2.45, 2.75) is 18.2 Å². The zero-order valence-corrected chi connectivity index (χ0v) is 11.4. The van der Waals surface area contributed by atoms with Crippen LogP contribution in [0.15, 0.2) is 23.1 Å². The van der Waals surface area contributed by atoms with Gasteiger partial charge < -0.3 is 0 Å². The molecule has 0 bridgehead atoms. The Morgan fingerprint density at radius 2 is 2.12 bits per heavy atom. The first-order valence-corrected chi connectivity index (χ1v) is 6.42. The molecule has 0 amide bonds. The van der Waals surface area contributed by atoms with Crippen LogP contribution in [-0.2, 0) is 32.4 Å². The number of aromatic amines is 1. The maximum atomic E-state index is 11.9. The number of H-pyrrole nitrogens is 1. The second-order valence-electron chi connectivity index (χ2n) is 3.35. The number of rotatable bonds is 4. The van der Waals surface area contributed by atoms with Crippen LogP contribution < -0.4 is 4.72 Å². The third kappa shape index (κ3) is 2.93. The van der Waals surface area contributed by atoms with Crippen LogP contribution >= 0.6 is 0 Å². The molecule has 1 aromatic heterocycles. The molecule has 0 fully saturated rings. The smallest absolute Gasteiger partial charge is 0.211 e. The van der Waals surface area contributed by atoms with Crippen LogP contribution in [0.5, 0.6) is 0 Å². The summed E-state index contributed by atoms with van der Waals surface area (Å²) >= 11 is 0. The molecule has 0 aliphatic rings. The van der Waals surface area contributed by atoms with Crippen LogP contribution in [0.4, 0.5) is 0 Å². The summed E-state index contributed by atoms with van der Waals surface area (Å²) in [5.74, 6) is 0. The topological polar surface area (TPSA) is 87.7 Å². The second-order valence-corrected chi connectivity index (χ2v) is 5.08. The molecule has 17 heavy (non-hydrogen) atoms. The molecule has 0 unspecified atom stereocenters. The van der Waals surface area contributed by atoms with Gasteiger partial charge in [0, 0.05) is 28.9 Å². The van der Waals surface area contributed by atoms with E-state index in [-0.39, 0.29) is 27.3 Å². The molecule has 6 nitrogen and oxygen atoms in total. The molecule has 0 spiro atoms. The van der Waals surface area contributed by atoms with Crippen molar-refractivity contribution in [3.8, 4) is 0 Å². The summed E-state index contributed by atoms with van der Waals surface area (Å²) in [6.07, 6.45) is 0.744. The molecular formula is C9H12AgN4O2S. The van der Waals surface area contributed by atoms with Gasteiger partial charge in [-0.1, -0.05) is 13.0 Å². The summed E-state index contributed by atoms with van der Waals surface area (Å²) in [5.41, 5.74) is 0.908. The van der Waals surface area contributed by atoms with E-state index < -0.39 is 10.0 Å². The van der Waals surface area contributed by atoms with Crippen LogP contribution in [0, 0.1) is 0 Å².